The molecule has 0 saturated heterocycles. The Bertz CT molecular complexity index is 885. The lowest BCUT2D eigenvalue weighted by Gasteiger charge is -2.20. The molecule has 146 valence electrons. The van der Waals surface area contributed by atoms with Gasteiger partial charge in [0.15, 0.2) is 0 Å². The van der Waals surface area contributed by atoms with E-state index in [1.165, 1.54) is 19.9 Å². The molecule has 0 aliphatic heterocycles. The molecule has 1 atom stereocenters. The second kappa shape index (κ2) is 7.22. The van der Waals surface area contributed by atoms with E-state index in [9.17, 15) is 31.1 Å². The number of alkyl halides is 3. The zero-order valence-corrected chi connectivity index (χ0v) is 14.2. The van der Waals surface area contributed by atoms with Gasteiger partial charge < -0.3 is 10.8 Å². The Balaban J connectivity index is 2.89. The fourth-order valence-corrected chi connectivity index (χ4v) is 2.92. The first-order valence-electron chi connectivity index (χ1n) is 7.68. The second-order valence-electron chi connectivity index (χ2n) is 6.15. The van der Waals surface area contributed by atoms with Gasteiger partial charge in [0.2, 0.25) is 0 Å². The van der Waals surface area contributed by atoms with Gasteiger partial charge >= 0.3 is 12.1 Å². The number of aliphatic carboxylic acids is 1. The van der Waals surface area contributed by atoms with E-state index >= 15 is 0 Å². The minimum absolute atomic E-state index is 0.129. The summed E-state index contributed by atoms with van der Waals surface area (Å²) in [6.45, 7) is 2.90. The summed E-state index contributed by atoms with van der Waals surface area (Å²) in [5.74, 6) is -6.09. The zero-order valence-electron chi connectivity index (χ0n) is 14.2. The topological polar surface area (TPSA) is 63.3 Å². The summed E-state index contributed by atoms with van der Waals surface area (Å²) in [4.78, 5) is 10.8. The van der Waals surface area contributed by atoms with Gasteiger partial charge in [0, 0.05) is 22.7 Å². The number of carboxylic acid groups (broad SMARTS) is 1. The van der Waals surface area contributed by atoms with Crippen LogP contribution < -0.4 is 5.73 Å². The second-order valence-corrected chi connectivity index (χ2v) is 6.15. The van der Waals surface area contributed by atoms with Gasteiger partial charge in [-0.3, -0.25) is 4.79 Å². The summed E-state index contributed by atoms with van der Waals surface area (Å²) in [6, 6.07) is 0.695. The van der Waals surface area contributed by atoms with E-state index in [1.807, 2.05) is 0 Å². The van der Waals surface area contributed by atoms with Crippen molar-refractivity contribution in [3.8, 4) is 11.1 Å². The number of benzene rings is 2. The highest BCUT2D eigenvalue weighted by molar-refractivity contribution is 5.72. The van der Waals surface area contributed by atoms with Crippen molar-refractivity contribution in [3.05, 3.63) is 57.9 Å². The fourth-order valence-electron chi connectivity index (χ4n) is 2.92. The van der Waals surface area contributed by atoms with Gasteiger partial charge in [-0.1, -0.05) is 6.07 Å². The monoisotopic (exact) mass is 391 g/mol. The molecule has 0 aliphatic carbocycles. The minimum Gasteiger partial charge on any atom is -0.481 e. The first kappa shape index (κ1) is 20.8. The summed E-state index contributed by atoms with van der Waals surface area (Å²) in [6.07, 6.45) is -6.23. The Morgan fingerprint density at radius 1 is 1.11 bits per heavy atom. The molecule has 0 radical (unpaired) electrons. The van der Waals surface area contributed by atoms with Crippen molar-refractivity contribution in [2.75, 3.05) is 0 Å². The lowest BCUT2D eigenvalue weighted by molar-refractivity contribution is -0.140. The highest BCUT2D eigenvalue weighted by Crippen LogP contribution is 2.41. The van der Waals surface area contributed by atoms with E-state index in [4.69, 9.17) is 10.8 Å². The number of hydrogen-bond donors (Lipinski definition) is 2. The van der Waals surface area contributed by atoms with Gasteiger partial charge in [0.25, 0.3) is 0 Å². The van der Waals surface area contributed by atoms with Crippen LogP contribution in [0, 0.1) is 31.3 Å². The van der Waals surface area contributed by atoms with Crippen molar-refractivity contribution < 1.29 is 36.2 Å². The molecule has 0 unspecified atom stereocenters. The third-order valence-corrected chi connectivity index (χ3v) is 4.01. The van der Waals surface area contributed by atoms with Crippen LogP contribution in [0.25, 0.3) is 11.1 Å². The SMILES string of the molecule is Cc1cc(C)c(-c2cc(C(F)(F)F)c(F)c([C@@H](N)CC(=O)O)c2F)c(F)c1. The first-order chi connectivity index (χ1) is 12.3. The molecule has 0 heterocycles. The highest BCUT2D eigenvalue weighted by Gasteiger charge is 2.39. The smallest absolute Gasteiger partial charge is 0.419 e. The van der Waals surface area contributed by atoms with Crippen molar-refractivity contribution in [2.45, 2.75) is 32.5 Å². The molecular formula is C18H15F6NO2. The summed E-state index contributed by atoms with van der Waals surface area (Å²) in [7, 11) is 0. The quantitative estimate of drug-likeness (QED) is 0.730. The molecule has 9 heteroatoms. The maximum absolute atomic E-state index is 14.9. The van der Waals surface area contributed by atoms with Crippen LogP contribution in [-0.4, -0.2) is 11.1 Å². The van der Waals surface area contributed by atoms with Gasteiger partial charge in [-0.15, -0.1) is 0 Å². The van der Waals surface area contributed by atoms with Gasteiger partial charge in [-0.2, -0.15) is 13.2 Å². The summed E-state index contributed by atoms with van der Waals surface area (Å²) >= 11 is 0. The van der Waals surface area contributed by atoms with E-state index in [0.717, 1.165) is 6.07 Å². The highest BCUT2D eigenvalue weighted by atomic mass is 19.4. The molecule has 0 aliphatic rings. The van der Waals surface area contributed by atoms with Crippen LogP contribution in [-0.2, 0) is 11.0 Å². The van der Waals surface area contributed by atoms with Crippen LogP contribution in [0.2, 0.25) is 0 Å². The Labute approximate surface area is 150 Å². The van der Waals surface area contributed by atoms with Crippen LogP contribution in [0.4, 0.5) is 26.3 Å². The van der Waals surface area contributed by atoms with Crippen LogP contribution in [0.15, 0.2) is 18.2 Å². The number of aryl methyl sites for hydroxylation is 2. The zero-order chi connectivity index (χ0) is 20.7. The van der Waals surface area contributed by atoms with Gasteiger partial charge in [0.1, 0.15) is 17.5 Å². The van der Waals surface area contributed by atoms with Crippen LogP contribution in [0.5, 0.6) is 0 Å². The third-order valence-electron chi connectivity index (χ3n) is 4.01. The maximum atomic E-state index is 14.9. The van der Waals surface area contributed by atoms with Crippen molar-refractivity contribution in [1.82, 2.24) is 0 Å². The van der Waals surface area contributed by atoms with E-state index in [1.54, 1.807) is 0 Å². The largest absolute Gasteiger partial charge is 0.481 e. The van der Waals surface area contributed by atoms with E-state index in [-0.39, 0.29) is 11.6 Å². The summed E-state index contributed by atoms with van der Waals surface area (Å²) in [5, 5.41) is 8.75. The number of rotatable bonds is 4. The molecule has 2 rings (SSSR count). The molecule has 3 N–H and O–H groups in total. The summed E-state index contributed by atoms with van der Waals surface area (Å²) in [5.41, 5.74) is 1.60. The normalized spacial score (nSPS) is 12.9. The number of halogens is 6. The predicted molar refractivity (Wildman–Crippen MR) is 85.4 cm³/mol. The molecule has 0 saturated carbocycles. The van der Waals surface area contributed by atoms with Gasteiger partial charge in [0.05, 0.1) is 12.0 Å². The molecular weight excluding hydrogens is 376 g/mol. The van der Waals surface area contributed by atoms with Crippen LogP contribution in [0.3, 0.4) is 0 Å². The lowest BCUT2D eigenvalue weighted by atomic mass is 9.90. The Kier molecular flexibility index (Phi) is 5.55. The molecule has 0 aromatic heterocycles. The number of carbonyl (C=O) groups is 1. The molecule has 2 aromatic carbocycles. The van der Waals surface area contributed by atoms with Crippen molar-refractivity contribution in [2.24, 2.45) is 5.73 Å². The fraction of sp³-hybridized carbons (Fsp3) is 0.278. The number of carboxylic acids is 1. The van der Waals surface area contributed by atoms with Crippen molar-refractivity contribution >= 4 is 5.97 Å². The van der Waals surface area contributed by atoms with E-state index < -0.39 is 64.3 Å². The average Bonchev–Trinajstić information content (AvgIpc) is 2.46. The lowest BCUT2D eigenvalue weighted by Crippen LogP contribution is -2.21. The van der Waals surface area contributed by atoms with E-state index in [0.29, 0.717) is 5.56 Å². The third kappa shape index (κ3) is 4.08. The Morgan fingerprint density at radius 2 is 1.70 bits per heavy atom. The standard InChI is InChI=1S/C18H15F6NO2/c1-7-3-8(2)14(11(19)4-7)9-5-10(18(22,23)24)17(21)15(16(9)20)12(25)6-13(26)27/h3-5,12H,6,25H2,1-2H3,(H,26,27)/t12-/m0/s1. The molecule has 0 fully saturated rings. The predicted octanol–water partition coefficient (Wildman–Crippen LogP) is 4.88. The van der Waals surface area contributed by atoms with Gasteiger partial charge in [-0.05, 0) is 37.1 Å². The molecule has 0 bridgehead atoms. The summed E-state index contributed by atoms with van der Waals surface area (Å²) < 4.78 is 83.3. The number of nitrogens with two attached hydrogens (primary N) is 1. The minimum atomic E-state index is -5.22. The molecule has 0 spiro atoms. The number of hydrogen-bond acceptors (Lipinski definition) is 2. The Morgan fingerprint density at radius 3 is 2.19 bits per heavy atom. The molecule has 0 amide bonds. The van der Waals surface area contributed by atoms with Gasteiger partial charge in [-0.25, -0.2) is 13.2 Å². The average molecular weight is 391 g/mol. The molecule has 3 nitrogen and oxygen atoms in total. The van der Waals surface area contributed by atoms with Crippen molar-refractivity contribution in [1.29, 1.82) is 0 Å². The maximum Gasteiger partial charge on any atom is 0.419 e. The van der Waals surface area contributed by atoms with Crippen LogP contribution in [0.1, 0.15) is 34.7 Å². The first-order valence-corrected chi connectivity index (χ1v) is 7.68. The molecule has 2 aromatic rings. The molecule has 27 heavy (non-hydrogen) atoms. The van der Waals surface area contributed by atoms with Crippen molar-refractivity contribution in [3.63, 3.8) is 0 Å². The van der Waals surface area contributed by atoms with E-state index in [2.05, 4.69) is 0 Å². The Hall–Kier alpha value is -2.55. The van der Waals surface area contributed by atoms with Crippen LogP contribution >= 0.6 is 0 Å².